The van der Waals surface area contributed by atoms with Crippen LogP contribution in [0.25, 0.3) is 0 Å². The van der Waals surface area contributed by atoms with E-state index >= 15 is 0 Å². The number of nitrogens with one attached hydrogen (secondary N) is 1. The smallest absolute Gasteiger partial charge is 0.00471 e. The summed E-state index contributed by atoms with van der Waals surface area (Å²) in [5.74, 6) is 0. The second-order valence-corrected chi connectivity index (χ2v) is 4.62. The van der Waals surface area contributed by atoms with Crippen LogP contribution in [-0.4, -0.2) is 38.6 Å². The lowest BCUT2D eigenvalue weighted by Gasteiger charge is -2.44. The third kappa shape index (κ3) is 2.96. The summed E-state index contributed by atoms with van der Waals surface area (Å²) < 4.78 is 0. The van der Waals surface area contributed by atoms with Crippen LogP contribution in [0, 0.1) is 5.41 Å². The van der Waals surface area contributed by atoms with Crippen molar-refractivity contribution in [1.29, 1.82) is 0 Å². The molecule has 0 bridgehead atoms. The highest BCUT2D eigenvalue weighted by molar-refractivity contribution is 4.91. The topological polar surface area (TPSA) is 15.3 Å². The summed E-state index contributed by atoms with van der Waals surface area (Å²) in [5.41, 5.74) is 0.610. The average Bonchev–Trinajstić information content (AvgIpc) is 2.01. The Bertz CT molecular complexity index is 141. The zero-order valence-electron chi connectivity index (χ0n) is 9.40. The highest BCUT2D eigenvalue weighted by Crippen LogP contribution is 2.40. The quantitative estimate of drug-likeness (QED) is 0.676. The van der Waals surface area contributed by atoms with E-state index in [1.807, 2.05) is 0 Å². The van der Waals surface area contributed by atoms with E-state index < -0.39 is 0 Å². The maximum atomic E-state index is 3.33. The Morgan fingerprint density at radius 3 is 2.46 bits per heavy atom. The standard InChI is InChI=1S/C11H24N2/c1-4-8-13(3)10-11(9-12-2)6-5-7-11/h12H,4-10H2,1-3H3. The summed E-state index contributed by atoms with van der Waals surface area (Å²) in [6.45, 7) is 5.97. The third-order valence-electron chi connectivity index (χ3n) is 3.18. The Hall–Kier alpha value is -0.0800. The van der Waals surface area contributed by atoms with Gasteiger partial charge in [-0.2, -0.15) is 0 Å². The lowest BCUT2D eigenvalue weighted by atomic mass is 9.68. The molecule has 0 unspecified atom stereocenters. The third-order valence-corrected chi connectivity index (χ3v) is 3.18. The van der Waals surface area contributed by atoms with Gasteiger partial charge in [0.1, 0.15) is 0 Å². The highest BCUT2D eigenvalue weighted by Gasteiger charge is 2.36. The molecule has 2 nitrogen and oxygen atoms in total. The molecule has 2 heteroatoms. The van der Waals surface area contributed by atoms with Crippen molar-refractivity contribution in [3.8, 4) is 0 Å². The minimum atomic E-state index is 0.610. The summed E-state index contributed by atoms with van der Waals surface area (Å²) in [4.78, 5) is 2.48. The van der Waals surface area contributed by atoms with Crippen molar-refractivity contribution in [3.63, 3.8) is 0 Å². The van der Waals surface area contributed by atoms with Gasteiger partial charge in [0.15, 0.2) is 0 Å². The Morgan fingerprint density at radius 1 is 1.38 bits per heavy atom. The lowest BCUT2D eigenvalue weighted by molar-refractivity contribution is 0.0799. The number of hydrogen-bond acceptors (Lipinski definition) is 2. The minimum absolute atomic E-state index is 0.610. The zero-order chi connectivity index (χ0) is 9.73. The molecule has 0 amide bonds. The number of rotatable bonds is 6. The maximum absolute atomic E-state index is 3.33. The normalized spacial score (nSPS) is 20.3. The Labute approximate surface area is 82.7 Å². The van der Waals surface area contributed by atoms with Gasteiger partial charge in [-0.25, -0.2) is 0 Å². The van der Waals surface area contributed by atoms with Crippen LogP contribution in [0.15, 0.2) is 0 Å². The molecular formula is C11H24N2. The van der Waals surface area contributed by atoms with Gasteiger partial charge in [-0.3, -0.25) is 0 Å². The SMILES string of the molecule is CCCN(C)CC1(CNC)CCC1. The molecule has 0 saturated heterocycles. The van der Waals surface area contributed by atoms with Gasteiger partial charge < -0.3 is 10.2 Å². The van der Waals surface area contributed by atoms with Crippen LogP contribution in [0.1, 0.15) is 32.6 Å². The molecule has 13 heavy (non-hydrogen) atoms. The van der Waals surface area contributed by atoms with Gasteiger partial charge in [0.2, 0.25) is 0 Å². The average molecular weight is 184 g/mol. The van der Waals surface area contributed by atoms with Crippen molar-refractivity contribution in [2.75, 3.05) is 33.7 Å². The van der Waals surface area contributed by atoms with E-state index in [9.17, 15) is 0 Å². The van der Waals surface area contributed by atoms with E-state index in [1.54, 1.807) is 0 Å². The van der Waals surface area contributed by atoms with E-state index in [0.29, 0.717) is 5.41 Å². The van der Waals surface area contributed by atoms with Crippen LogP contribution >= 0.6 is 0 Å². The summed E-state index contributed by atoms with van der Waals surface area (Å²) >= 11 is 0. The summed E-state index contributed by atoms with van der Waals surface area (Å²) in [6.07, 6.45) is 5.54. The first-order valence-corrected chi connectivity index (χ1v) is 5.55. The van der Waals surface area contributed by atoms with Gasteiger partial charge in [0, 0.05) is 13.1 Å². The monoisotopic (exact) mass is 184 g/mol. The Morgan fingerprint density at radius 2 is 2.08 bits per heavy atom. The second-order valence-electron chi connectivity index (χ2n) is 4.62. The number of hydrogen-bond donors (Lipinski definition) is 1. The molecule has 0 aromatic carbocycles. The Balaban J connectivity index is 2.30. The fraction of sp³-hybridized carbons (Fsp3) is 1.00. The largest absolute Gasteiger partial charge is 0.319 e. The van der Waals surface area contributed by atoms with Crippen LogP contribution in [0.5, 0.6) is 0 Å². The van der Waals surface area contributed by atoms with Crippen molar-refractivity contribution >= 4 is 0 Å². The van der Waals surface area contributed by atoms with Crippen LogP contribution < -0.4 is 5.32 Å². The molecule has 0 radical (unpaired) electrons. The summed E-state index contributed by atoms with van der Waals surface area (Å²) in [7, 11) is 4.32. The van der Waals surface area contributed by atoms with Crippen molar-refractivity contribution in [1.82, 2.24) is 10.2 Å². The van der Waals surface area contributed by atoms with Crippen LogP contribution in [0.4, 0.5) is 0 Å². The number of nitrogens with zero attached hydrogens (tertiary/aromatic N) is 1. The molecule has 0 heterocycles. The molecule has 1 fully saturated rings. The van der Waals surface area contributed by atoms with E-state index in [2.05, 4.69) is 31.2 Å². The molecule has 0 atom stereocenters. The van der Waals surface area contributed by atoms with Crippen LogP contribution in [0.2, 0.25) is 0 Å². The zero-order valence-corrected chi connectivity index (χ0v) is 9.40. The molecule has 0 spiro atoms. The molecule has 0 aromatic rings. The maximum Gasteiger partial charge on any atom is 0.00471 e. The van der Waals surface area contributed by atoms with Crippen molar-refractivity contribution in [2.45, 2.75) is 32.6 Å². The molecule has 0 aliphatic heterocycles. The molecule has 1 saturated carbocycles. The van der Waals surface area contributed by atoms with E-state index in [0.717, 1.165) is 0 Å². The van der Waals surface area contributed by atoms with Gasteiger partial charge in [-0.15, -0.1) is 0 Å². The molecule has 1 aliphatic carbocycles. The van der Waals surface area contributed by atoms with E-state index in [-0.39, 0.29) is 0 Å². The predicted octanol–water partition coefficient (Wildman–Crippen LogP) is 1.72. The van der Waals surface area contributed by atoms with E-state index in [1.165, 1.54) is 45.3 Å². The van der Waals surface area contributed by atoms with Crippen LogP contribution in [0.3, 0.4) is 0 Å². The predicted molar refractivity (Wildman–Crippen MR) is 58.0 cm³/mol. The first kappa shape index (κ1) is 11.0. The first-order valence-electron chi connectivity index (χ1n) is 5.55. The fourth-order valence-corrected chi connectivity index (χ4v) is 2.48. The lowest BCUT2D eigenvalue weighted by Crippen LogP contribution is -2.46. The molecule has 0 aromatic heterocycles. The molecule has 1 rings (SSSR count). The second kappa shape index (κ2) is 4.97. The van der Waals surface area contributed by atoms with Crippen LogP contribution in [-0.2, 0) is 0 Å². The minimum Gasteiger partial charge on any atom is -0.319 e. The van der Waals surface area contributed by atoms with Crippen molar-refractivity contribution in [3.05, 3.63) is 0 Å². The van der Waals surface area contributed by atoms with Gasteiger partial charge in [-0.1, -0.05) is 13.3 Å². The van der Waals surface area contributed by atoms with E-state index in [4.69, 9.17) is 0 Å². The van der Waals surface area contributed by atoms with Gasteiger partial charge >= 0.3 is 0 Å². The first-order chi connectivity index (χ1) is 6.22. The summed E-state index contributed by atoms with van der Waals surface area (Å²) in [6, 6.07) is 0. The van der Waals surface area contributed by atoms with Crippen molar-refractivity contribution in [2.24, 2.45) is 5.41 Å². The molecular weight excluding hydrogens is 160 g/mol. The Kier molecular flexibility index (Phi) is 4.20. The fourth-order valence-electron chi connectivity index (χ4n) is 2.48. The molecule has 1 N–H and O–H groups in total. The van der Waals surface area contributed by atoms with Gasteiger partial charge in [-0.05, 0) is 45.3 Å². The summed E-state index contributed by atoms with van der Waals surface area (Å²) in [5, 5.41) is 3.33. The van der Waals surface area contributed by atoms with Crippen molar-refractivity contribution < 1.29 is 0 Å². The van der Waals surface area contributed by atoms with Gasteiger partial charge in [0.25, 0.3) is 0 Å². The van der Waals surface area contributed by atoms with Gasteiger partial charge in [0.05, 0.1) is 0 Å². The highest BCUT2D eigenvalue weighted by atomic mass is 15.1. The molecule has 78 valence electrons. The molecule has 1 aliphatic rings.